The third-order valence-corrected chi connectivity index (χ3v) is 7.94. The molecular weight excluding hydrogens is 472 g/mol. The van der Waals surface area contributed by atoms with Gasteiger partial charge in [0.25, 0.3) is 0 Å². The summed E-state index contributed by atoms with van der Waals surface area (Å²) in [5, 5.41) is 5.06. The van der Waals surface area contributed by atoms with Crippen molar-refractivity contribution in [1.29, 1.82) is 0 Å². The highest BCUT2D eigenvalue weighted by Gasteiger charge is 2.18. The van der Waals surface area contributed by atoms with Crippen LogP contribution in [0.25, 0.3) is 66.1 Å². The van der Waals surface area contributed by atoms with E-state index < -0.39 is 0 Å². The number of hydrogen-bond donors (Lipinski definition) is 0. The molecule has 0 aliphatic rings. The van der Waals surface area contributed by atoms with Gasteiger partial charge in [0.2, 0.25) is 0 Å². The molecule has 0 N–H and O–H groups in total. The Hall–Kier alpha value is -5.08. The van der Waals surface area contributed by atoms with E-state index in [0.717, 1.165) is 0 Å². The van der Waals surface area contributed by atoms with Crippen LogP contribution in [0.1, 0.15) is 5.56 Å². The lowest BCUT2D eigenvalue weighted by atomic mass is 10.0. The highest BCUT2D eigenvalue weighted by molar-refractivity contribution is 6.19. The molecule has 6 aromatic carbocycles. The van der Waals surface area contributed by atoms with E-state index >= 15 is 0 Å². The summed E-state index contributed by atoms with van der Waals surface area (Å²) in [5.41, 5.74) is 11.0. The quantitative estimate of drug-likeness (QED) is 0.229. The van der Waals surface area contributed by atoms with Gasteiger partial charge in [0.1, 0.15) is 0 Å². The van der Waals surface area contributed by atoms with Crippen molar-refractivity contribution in [2.45, 2.75) is 6.92 Å². The summed E-state index contributed by atoms with van der Waals surface area (Å²) in [6, 6.07) is 50.6. The predicted octanol–water partition coefficient (Wildman–Crippen LogP) is 9.86. The fourth-order valence-electron chi connectivity index (χ4n) is 6.21. The lowest BCUT2D eigenvalue weighted by Gasteiger charge is -2.11. The van der Waals surface area contributed by atoms with E-state index in [9.17, 15) is 0 Å². The van der Waals surface area contributed by atoms with Crippen molar-refractivity contribution in [3.8, 4) is 22.5 Å². The Bertz CT molecular complexity index is 2180. The van der Waals surface area contributed by atoms with Gasteiger partial charge in [0.15, 0.2) is 0 Å². The number of nitrogens with zero attached hydrogens (tertiary/aromatic N) is 2. The zero-order valence-corrected chi connectivity index (χ0v) is 21.7. The van der Waals surface area contributed by atoms with Gasteiger partial charge in [-0.15, -0.1) is 0 Å². The largest absolute Gasteiger partial charge is 0.309 e. The summed E-state index contributed by atoms with van der Waals surface area (Å²) < 4.78 is 4.83. The molecule has 0 fully saturated rings. The molecule has 0 spiro atoms. The average Bonchev–Trinajstić information content (AvgIpc) is 3.49. The van der Waals surface area contributed by atoms with Crippen molar-refractivity contribution in [3.63, 3.8) is 0 Å². The zero-order chi connectivity index (χ0) is 25.9. The molecule has 39 heavy (non-hydrogen) atoms. The molecule has 0 unspecified atom stereocenters. The summed E-state index contributed by atoms with van der Waals surface area (Å²) in [7, 11) is 0. The SMILES string of the molecule is Cc1cccc(-c2cccc(-n3c4ccccc4c4cc5c(cc43)c3ccccc3n5-c3ccccc3)c2)c1. The molecule has 0 saturated carbocycles. The van der Waals surface area contributed by atoms with Crippen LogP contribution in [0.3, 0.4) is 0 Å². The van der Waals surface area contributed by atoms with E-state index in [2.05, 4.69) is 156 Å². The van der Waals surface area contributed by atoms with Crippen LogP contribution in [0.5, 0.6) is 0 Å². The van der Waals surface area contributed by atoms with Gasteiger partial charge in [0, 0.05) is 32.9 Å². The Kier molecular flexibility index (Phi) is 4.77. The number of aryl methyl sites for hydroxylation is 1. The first-order valence-corrected chi connectivity index (χ1v) is 13.5. The summed E-state index contributed by atoms with van der Waals surface area (Å²) in [6.45, 7) is 2.15. The minimum absolute atomic E-state index is 1.17. The lowest BCUT2D eigenvalue weighted by molar-refractivity contribution is 1.17. The van der Waals surface area contributed by atoms with Gasteiger partial charge in [-0.1, -0.05) is 96.6 Å². The maximum Gasteiger partial charge on any atom is 0.0548 e. The minimum Gasteiger partial charge on any atom is -0.309 e. The summed E-state index contributed by atoms with van der Waals surface area (Å²) in [5.74, 6) is 0. The third-order valence-electron chi connectivity index (χ3n) is 7.94. The number of para-hydroxylation sites is 3. The second-order valence-corrected chi connectivity index (χ2v) is 10.3. The van der Waals surface area contributed by atoms with Crippen LogP contribution < -0.4 is 0 Å². The molecule has 0 aliphatic carbocycles. The fraction of sp³-hybridized carbons (Fsp3) is 0.0270. The van der Waals surface area contributed by atoms with Crippen molar-refractivity contribution in [2.75, 3.05) is 0 Å². The molecule has 0 bridgehead atoms. The molecule has 0 amide bonds. The Balaban J connectivity index is 1.47. The normalized spacial score (nSPS) is 11.7. The first-order chi connectivity index (χ1) is 19.3. The van der Waals surface area contributed by atoms with E-state index in [1.165, 1.54) is 71.7 Å². The number of benzene rings is 6. The molecule has 2 aromatic heterocycles. The molecule has 0 saturated heterocycles. The van der Waals surface area contributed by atoms with Gasteiger partial charge >= 0.3 is 0 Å². The van der Waals surface area contributed by atoms with Gasteiger partial charge in [-0.2, -0.15) is 0 Å². The van der Waals surface area contributed by atoms with Crippen LogP contribution in [-0.2, 0) is 0 Å². The maximum absolute atomic E-state index is 2.43. The summed E-state index contributed by atoms with van der Waals surface area (Å²) in [4.78, 5) is 0. The molecular formula is C37H26N2. The third kappa shape index (κ3) is 3.35. The minimum atomic E-state index is 1.17. The average molecular weight is 499 g/mol. The predicted molar refractivity (Wildman–Crippen MR) is 165 cm³/mol. The maximum atomic E-state index is 2.43. The second-order valence-electron chi connectivity index (χ2n) is 10.3. The molecule has 2 nitrogen and oxygen atoms in total. The van der Waals surface area contributed by atoms with E-state index in [1.54, 1.807) is 0 Å². The van der Waals surface area contributed by atoms with Crippen LogP contribution in [0.15, 0.2) is 140 Å². The summed E-state index contributed by atoms with van der Waals surface area (Å²) in [6.07, 6.45) is 0. The number of hydrogen-bond acceptors (Lipinski definition) is 0. The molecule has 2 heterocycles. The highest BCUT2D eigenvalue weighted by Crippen LogP contribution is 2.39. The standard InChI is InChI=1S/C37H26N2/c1-25-11-9-12-26(21-25)27-13-10-16-29(22-27)39-35-20-8-6-18-31(35)33-23-36-32(24-37(33)39)30-17-5-7-19-34(30)38(36)28-14-3-2-4-15-28/h2-24H,1H3. The van der Waals surface area contributed by atoms with Gasteiger partial charge in [-0.05, 0) is 66.6 Å². The molecule has 184 valence electrons. The Morgan fingerprint density at radius 3 is 1.51 bits per heavy atom. The van der Waals surface area contributed by atoms with Gasteiger partial charge in [-0.3, -0.25) is 0 Å². The zero-order valence-electron chi connectivity index (χ0n) is 21.7. The van der Waals surface area contributed by atoms with Gasteiger partial charge in [-0.25, -0.2) is 0 Å². The molecule has 8 aromatic rings. The van der Waals surface area contributed by atoms with Crippen molar-refractivity contribution in [1.82, 2.24) is 9.13 Å². The van der Waals surface area contributed by atoms with E-state index in [1.807, 2.05) is 0 Å². The first kappa shape index (κ1) is 22.0. The monoisotopic (exact) mass is 498 g/mol. The number of fused-ring (bicyclic) bond motifs is 6. The van der Waals surface area contributed by atoms with E-state index in [0.29, 0.717) is 0 Å². The van der Waals surface area contributed by atoms with Crippen molar-refractivity contribution < 1.29 is 0 Å². The van der Waals surface area contributed by atoms with Crippen molar-refractivity contribution >= 4 is 43.6 Å². The molecule has 2 heteroatoms. The van der Waals surface area contributed by atoms with Crippen LogP contribution in [0.2, 0.25) is 0 Å². The van der Waals surface area contributed by atoms with E-state index in [-0.39, 0.29) is 0 Å². The first-order valence-electron chi connectivity index (χ1n) is 13.5. The van der Waals surface area contributed by atoms with Crippen molar-refractivity contribution in [3.05, 3.63) is 145 Å². The topological polar surface area (TPSA) is 9.86 Å². The number of rotatable bonds is 3. The van der Waals surface area contributed by atoms with Crippen LogP contribution in [-0.4, -0.2) is 9.13 Å². The van der Waals surface area contributed by atoms with Crippen LogP contribution in [0.4, 0.5) is 0 Å². The Morgan fingerprint density at radius 2 is 0.872 bits per heavy atom. The lowest BCUT2D eigenvalue weighted by Crippen LogP contribution is -1.95. The molecule has 8 rings (SSSR count). The molecule has 0 atom stereocenters. The van der Waals surface area contributed by atoms with Gasteiger partial charge in [0.05, 0.1) is 22.1 Å². The number of aromatic nitrogens is 2. The van der Waals surface area contributed by atoms with Gasteiger partial charge < -0.3 is 9.13 Å². The van der Waals surface area contributed by atoms with E-state index in [4.69, 9.17) is 0 Å². The molecule has 0 aliphatic heterocycles. The highest BCUT2D eigenvalue weighted by atomic mass is 15.0. The Morgan fingerprint density at radius 1 is 0.359 bits per heavy atom. The fourth-order valence-corrected chi connectivity index (χ4v) is 6.21. The smallest absolute Gasteiger partial charge is 0.0548 e. The van der Waals surface area contributed by atoms with Crippen LogP contribution >= 0.6 is 0 Å². The molecule has 0 radical (unpaired) electrons. The van der Waals surface area contributed by atoms with Crippen LogP contribution in [0, 0.1) is 6.92 Å². The van der Waals surface area contributed by atoms with Crippen molar-refractivity contribution in [2.24, 2.45) is 0 Å². The summed E-state index contributed by atoms with van der Waals surface area (Å²) >= 11 is 0. The second kappa shape index (κ2) is 8.47. The Labute approximate surface area is 227 Å².